The van der Waals surface area contributed by atoms with Crippen LogP contribution in [0, 0.1) is 12.3 Å². The molecule has 0 aliphatic carbocycles. The molecule has 0 saturated carbocycles. The summed E-state index contributed by atoms with van der Waals surface area (Å²) in [5.74, 6) is 2.58. The van der Waals surface area contributed by atoms with E-state index in [0.717, 1.165) is 16.0 Å². The summed E-state index contributed by atoms with van der Waals surface area (Å²) in [6, 6.07) is 7.76. The molecular formula is C18H20N2O2S. The van der Waals surface area contributed by atoms with Crippen molar-refractivity contribution in [2.24, 2.45) is 0 Å². The number of carbonyl (C=O) groups excluding carboxylic acids is 1. The number of aromatic nitrogens is 1. The molecule has 0 spiro atoms. The average molecular weight is 328 g/mol. The van der Waals surface area contributed by atoms with Crippen molar-refractivity contribution in [2.45, 2.75) is 39.3 Å². The first-order chi connectivity index (χ1) is 10.8. The molecule has 0 fully saturated rings. The number of hydrogen-bond donors (Lipinski definition) is 1. The molecule has 0 bridgehead atoms. The van der Waals surface area contributed by atoms with E-state index in [9.17, 15) is 4.79 Å². The number of rotatable bonds is 3. The maximum Gasteiger partial charge on any atom is 0.408 e. The summed E-state index contributed by atoms with van der Waals surface area (Å²) < 4.78 is 5.26. The summed E-state index contributed by atoms with van der Waals surface area (Å²) in [7, 11) is 0. The van der Waals surface area contributed by atoms with Gasteiger partial charge in [-0.2, -0.15) is 0 Å². The number of nitrogens with zero attached hydrogens (tertiary/aromatic N) is 1. The molecule has 1 N–H and O–H groups in total. The van der Waals surface area contributed by atoms with Gasteiger partial charge in [0.25, 0.3) is 0 Å². The van der Waals surface area contributed by atoms with Crippen molar-refractivity contribution >= 4 is 17.4 Å². The Morgan fingerprint density at radius 2 is 2.00 bits per heavy atom. The van der Waals surface area contributed by atoms with Crippen molar-refractivity contribution in [3.63, 3.8) is 0 Å². The minimum atomic E-state index is -0.508. The van der Waals surface area contributed by atoms with Crippen molar-refractivity contribution in [1.29, 1.82) is 0 Å². The highest BCUT2D eigenvalue weighted by Crippen LogP contribution is 2.28. The van der Waals surface area contributed by atoms with E-state index in [1.165, 1.54) is 11.3 Å². The van der Waals surface area contributed by atoms with Gasteiger partial charge in [0.2, 0.25) is 0 Å². The lowest BCUT2D eigenvalue weighted by Crippen LogP contribution is -2.34. The summed E-state index contributed by atoms with van der Waals surface area (Å²) in [5, 5.41) is 2.83. The molecule has 1 atom stereocenters. The van der Waals surface area contributed by atoms with E-state index in [1.54, 1.807) is 5.51 Å². The Balaban J connectivity index is 2.08. The molecule has 4 nitrogen and oxygen atoms in total. The Bertz CT molecular complexity index is 721. The van der Waals surface area contributed by atoms with Crippen LogP contribution in [0.15, 0.2) is 29.8 Å². The molecule has 1 aromatic carbocycles. The fourth-order valence-electron chi connectivity index (χ4n) is 2.04. The summed E-state index contributed by atoms with van der Waals surface area (Å²) >= 11 is 1.52. The first-order valence-electron chi connectivity index (χ1n) is 7.30. The first kappa shape index (κ1) is 17.0. The van der Waals surface area contributed by atoms with E-state index < -0.39 is 11.7 Å². The third-order valence-electron chi connectivity index (χ3n) is 3.11. The zero-order chi connectivity index (χ0) is 17.0. The van der Waals surface area contributed by atoms with Crippen LogP contribution in [-0.4, -0.2) is 16.7 Å². The highest BCUT2D eigenvalue weighted by molar-refractivity contribution is 7.13. The number of thiazole rings is 1. The second-order valence-corrected chi connectivity index (χ2v) is 7.02. The second kappa shape index (κ2) is 6.84. The molecule has 1 heterocycles. The number of amides is 1. The summed E-state index contributed by atoms with van der Waals surface area (Å²) in [6.07, 6.45) is 5.02. The van der Waals surface area contributed by atoms with Crippen LogP contribution in [0.5, 0.6) is 0 Å². The standard InChI is InChI=1S/C18H20N2O2S/c1-6-15-16(23-11-19-15)14-9-7-13(8-10-14)12(2)20-17(21)22-18(3,4)5/h1,7-12H,2-5H3,(H,20,21). The average Bonchev–Trinajstić information content (AvgIpc) is 2.93. The fraction of sp³-hybridized carbons (Fsp3) is 0.333. The molecule has 1 amide bonds. The molecule has 0 aliphatic rings. The van der Waals surface area contributed by atoms with Gasteiger partial charge in [0, 0.05) is 0 Å². The number of ether oxygens (including phenoxy) is 1. The van der Waals surface area contributed by atoms with Crippen LogP contribution in [0.2, 0.25) is 0 Å². The fourth-order valence-corrected chi connectivity index (χ4v) is 2.80. The summed E-state index contributed by atoms with van der Waals surface area (Å²) in [4.78, 5) is 16.9. The van der Waals surface area contributed by atoms with Gasteiger partial charge in [-0.15, -0.1) is 17.8 Å². The smallest absolute Gasteiger partial charge is 0.408 e. The predicted octanol–water partition coefficient (Wildman–Crippen LogP) is 4.38. The van der Waals surface area contributed by atoms with E-state index in [0.29, 0.717) is 5.69 Å². The third-order valence-corrected chi connectivity index (χ3v) is 3.99. The van der Waals surface area contributed by atoms with E-state index in [4.69, 9.17) is 11.2 Å². The largest absolute Gasteiger partial charge is 0.444 e. The zero-order valence-corrected chi connectivity index (χ0v) is 14.5. The first-order valence-corrected chi connectivity index (χ1v) is 8.18. The molecule has 0 aliphatic heterocycles. The molecular weight excluding hydrogens is 308 g/mol. The molecule has 120 valence electrons. The van der Waals surface area contributed by atoms with Crippen LogP contribution in [0.3, 0.4) is 0 Å². The lowest BCUT2D eigenvalue weighted by Gasteiger charge is -2.22. The van der Waals surface area contributed by atoms with Gasteiger partial charge in [-0.25, -0.2) is 9.78 Å². The van der Waals surface area contributed by atoms with Gasteiger partial charge in [-0.05, 0) is 44.7 Å². The SMILES string of the molecule is C#Cc1ncsc1-c1ccc(C(C)NC(=O)OC(C)(C)C)cc1. The Kier molecular flexibility index (Phi) is 5.07. The molecule has 23 heavy (non-hydrogen) atoms. The number of nitrogens with one attached hydrogen (secondary N) is 1. The number of benzene rings is 1. The minimum Gasteiger partial charge on any atom is -0.444 e. The van der Waals surface area contributed by atoms with Crippen molar-refractivity contribution in [2.75, 3.05) is 0 Å². The lowest BCUT2D eigenvalue weighted by atomic mass is 10.0. The normalized spacial score (nSPS) is 12.3. The van der Waals surface area contributed by atoms with Crippen LogP contribution in [0.25, 0.3) is 10.4 Å². The highest BCUT2D eigenvalue weighted by Gasteiger charge is 2.18. The van der Waals surface area contributed by atoms with E-state index in [1.807, 2.05) is 52.0 Å². The Morgan fingerprint density at radius 1 is 1.35 bits per heavy atom. The molecule has 2 aromatic rings. The van der Waals surface area contributed by atoms with E-state index >= 15 is 0 Å². The number of hydrogen-bond acceptors (Lipinski definition) is 4. The van der Waals surface area contributed by atoms with Crippen LogP contribution >= 0.6 is 11.3 Å². The van der Waals surface area contributed by atoms with Gasteiger partial charge in [-0.1, -0.05) is 24.3 Å². The monoisotopic (exact) mass is 328 g/mol. The maximum atomic E-state index is 11.8. The molecule has 1 unspecified atom stereocenters. The van der Waals surface area contributed by atoms with Crippen molar-refractivity contribution in [3.8, 4) is 22.8 Å². The molecule has 5 heteroatoms. The van der Waals surface area contributed by atoms with Crippen molar-refractivity contribution < 1.29 is 9.53 Å². The van der Waals surface area contributed by atoms with E-state index in [-0.39, 0.29) is 6.04 Å². The predicted molar refractivity (Wildman–Crippen MR) is 93.3 cm³/mol. The number of carbonyl (C=O) groups is 1. The van der Waals surface area contributed by atoms with Gasteiger partial charge in [-0.3, -0.25) is 0 Å². The van der Waals surface area contributed by atoms with Crippen molar-refractivity contribution in [1.82, 2.24) is 10.3 Å². The lowest BCUT2D eigenvalue weighted by molar-refractivity contribution is 0.0508. The minimum absolute atomic E-state index is 0.146. The van der Waals surface area contributed by atoms with Crippen molar-refractivity contribution in [3.05, 3.63) is 41.0 Å². The summed E-state index contributed by atoms with van der Waals surface area (Å²) in [6.45, 7) is 7.43. The molecule has 0 saturated heterocycles. The van der Waals surface area contributed by atoms with Gasteiger partial charge < -0.3 is 10.1 Å². The number of alkyl carbamates (subject to hydrolysis) is 1. The molecule has 0 radical (unpaired) electrons. The highest BCUT2D eigenvalue weighted by atomic mass is 32.1. The van der Waals surface area contributed by atoms with Crippen LogP contribution in [-0.2, 0) is 4.74 Å². The van der Waals surface area contributed by atoms with E-state index in [2.05, 4.69) is 16.2 Å². The van der Waals surface area contributed by atoms with Gasteiger partial charge in [0.1, 0.15) is 11.3 Å². The Labute approximate surface area is 140 Å². The zero-order valence-electron chi connectivity index (χ0n) is 13.7. The Morgan fingerprint density at radius 3 is 2.57 bits per heavy atom. The van der Waals surface area contributed by atoms with Crippen LogP contribution in [0.4, 0.5) is 4.79 Å². The second-order valence-electron chi connectivity index (χ2n) is 6.16. The van der Waals surface area contributed by atoms with Gasteiger partial charge in [0.05, 0.1) is 16.4 Å². The summed E-state index contributed by atoms with van der Waals surface area (Å²) in [5.41, 5.74) is 3.90. The van der Waals surface area contributed by atoms with Gasteiger partial charge in [0.15, 0.2) is 0 Å². The molecule has 2 rings (SSSR count). The van der Waals surface area contributed by atoms with Crippen LogP contribution < -0.4 is 5.32 Å². The maximum absolute atomic E-state index is 11.8. The topological polar surface area (TPSA) is 51.2 Å². The number of terminal acetylenes is 1. The Hall–Kier alpha value is -2.32. The molecule has 1 aromatic heterocycles. The van der Waals surface area contributed by atoms with Crippen LogP contribution in [0.1, 0.15) is 45.0 Å². The van der Waals surface area contributed by atoms with Gasteiger partial charge >= 0.3 is 6.09 Å². The quantitative estimate of drug-likeness (QED) is 0.851. The third kappa shape index (κ3) is 4.57.